The molecule has 2 aliphatic rings. The molecule has 2 aromatic carbocycles. The number of nitrogens with zero attached hydrogens (tertiary/aromatic N) is 1. The van der Waals surface area contributed by atoms with Crippen molar-refractivity contribution >= 4 is 38.0 Å². The standard InChI is InChI=1S/C18H15Br2NO2/c19-11-1-3-13-14-4-2-12(20)10-16(14)18(15(13)9-11)5-7-21(8-6-18)17(22)23/h1-4,9-10H,5-8H2,(H,22,23). The lowest BCUT2D eigenvalue weighted by molar-refractivity contribution is 0.123. The predicted octanol–water partition coefficient (Wildman–Crippen LogP) is 5.25. The lowest BCUT2D eigenvalue weighted by Crippen LogP contribution is -2.44. The van der Waals surface area contributed by atoms with Gasteiger partial charge in [0.2, 0.25) is 0 Å². The number of carbonyl (C=O) groups is 1. The van der Waals surface area contributed by atoms with Crippen LogP contribution in [0.3, 0.4) is 0 Å². The number of amides is 1. The van der Waals surface area contributed by atoms with Crippen molar-refractivity contribution in [3.63, 3.8) is 0 Å². The van der Waals surface area contributed by atoms with Gasteiger partial charge in [-0.15, -0.1) is 0 Å². The van der Waals surface area contributed by atoms with E-state index < -0.39 is 6.09 Å². The smallest absolute Gasteiger partial charge is 0.407 e. The molecule has 1 spiro atoms. The lowest BCUT2D eigenvalue weighted by Gasteiger charge is -2.40. The highest BCUT2D eigenvalue weighted by Gasteiger charge is 2.45. The van der Waals surface area contributed by atoms with Crippen molar-refractivity contribution < 1.29 is 9.90 Å². The number of rotatable bonds is 0. The Hall–Kier alpha value is -1.33. The van der Waals surface area contributed by atoms with Gasteiger partial charge in [0.05, 0.1) is 0 Å². The molecular formula is C18H15Br2NO2. The van der Waals surface area contributed by atoms with E-state index in [1.807, 2.05) is 0 Å². The summed E-state index contributed by atoms with van der Waals surface area (Å²) >= 11 is 7.19. The van der Waals surface area contributed by atoms with E-state index in [9.17, 15) is 9.90 Å². The van der Waals surface area contributed by atoms with Crippen LogP contribution in [-0.4, -0.2) is 29.2 Å². The molecule has 118 valence electrons. The highest BCUT2D eigenvalue weighted by atomic mass is 79.9. The Morgan fingerprint density at radius 2 is 1.43 bits per heavy atom. The maximum absolute atomic E-state index is 11.3. The number of piperidine rings is 1. The molecule has 3 nitrogen and oxygen atoms in total. The number of carboxylic acid groups (broad SMARTS) is 1. The summed E-state index contributed by atoms with van der Waals surface area (Å²) < 4.78 is 2.14. The topological polar surface area (TPSA) is 40.5 Å². The second-order valence-corrected chi connectivity index (χ2v) is 8.06. The molecule has 23 heavy (non-hydrogen) atoms. The molecule has 0 atom stereocenters. The molecule has 1 amide bonds. The predicted molar refractivity (Wildman–Crippen MR) is 96.9 cm³/mol. The maximum atomic E-state index is 11.3. The first-order chi connectivity index (χ1) is 11.0. The fourth-order valence-electron chi connectivity index (χ4n) is 4.06. The number of benzene rings is 2. The Labute approximate surface area is 151 Å². The summed E-state index contributed by atoms with van der Waals surface area (Å²) in [6, 6.07) is 12.9. The maximum Gasteiger partial charge on any atom is 0.407 e. The largest absolute Gasteiger partial charge is 0.465 e. The number of halogens is 2. The van der Waals surface area contributed by atoms with Crippen LogP contribution in [0.2, 0.25) is 0 Å². The van der Waals surface area contributed by atoms with E-state index in [1.54, 1.807) is 0 Å². The molecule has 0 unspecified atom stereocenters. The fourth-order valence-corrected chi connectivity index (χ4v) is 4.78. The highest BCUT2D eigenvalue weighted by Crippen LogP contribution is 2.55. The minimum atomic E-state index is -0.818. The third-order valence-electron chi connectivity index (χ3n) is 5.17. The Bertz CT molecular complexity index is 757. The van der Waals surface area contributed by atoms with Gasteiger partial charge in [-0.05, 0) is 59.4 Å². The number of hydrogen-bond acceptors (Lipinski definition) is 1. The zero-order valence-corrected chi connectivity index (χ0v) is 15.5. The third kappa shape index (κ3) is 2.24. The molecule has 2 aromatic rings. The Kier molecular flexibility index (Phi) is 3.54. The summed E-state index contributed by atoms with van der Waals surface area (Å²) in [6.07, 6.45) is 0.833. The summed E-state index contributed by atoms with van der Waals surface area (Å²) in [6.45, 7) is 1.15. The van der Waals surface area contributed by atoms with Gasteiger partial charge in [-0.3, -0.25) is 0 Å². The van der Waals surface area contributed by atoms with Crippen molar-refractivity contribution in [3.8, 4) is 11.1 Å². The molecule has 1 N–H and O–H groups in total. The summed E-state index contributed by atoms with van der Waals surface area (Å²) in [5.41, 5.74) is 5.12. The van der Waals surface area contributed by atoms with Crippen LogP contribution in [0.25, 0.3) is 11.1 Å². The van der Waals surface area contributed by atoms with Crippen LogP contribution in [0, 0.1) is 0 Å². The average Bonchev–Trinajstić information content (AvgIpc) is 2.78. The summed E-state index contributed by atoms with van der Waals surface area (Å²) in [4.78, 5) is 12.8. The minimum absolute atomic E-state index is 0.0792. The second-order valence-electron chi connectivity index (χ2n) is 6.23. The van der Waals surface area contributed by atoms with Gasteiger partial charge in [-0.1, -0.05) is 44.0 Å². The molecule has 1 aliphatic heterocycles. The van der Waals surface area contributed by atoms with E-state index in [1.165, 1.54) is 27.2 Å². The van der Waals surface area contributed by atoms with Crippen LogP contribution < -0.4 is 0 Å². The van der Waals surface area contributed by atoms with Gasteiger partial charge in [0.25, 0.3) is 0 Å². The normalized spacial score (nSPS) is 17.9. The SMILES string of the molecule is O=C(O)N1CCC2(CC1)c1cc(Br)ccc1-c1ccc(Br)cc12. The zero-order chi connectivity index (χ0) is 16.2. The van der Waals surface area contributed by atoms with Crippen molar-refractivity contribution in [2.45, 2.75) is 18.3 Å². The van der Waals surface area contributed by atoms with E-state index in [0.29, 0.717) is 13.1 Å². The quantitative estimate of drug-likeness (QED) is 0.612. The molecule has 1 saturated heterocycles. The van der Waals surface area contributed by atoms with Crippen molar-refractivity contribution in [2.24, 2.45) is 0 Å². The Morgan fingerprint density at radius 3 is 1.87 bits per heavy atom. The molecule has 0 radical (unpaired) electrons. The van der Waals surface area contributed by atoms with Crippen molar-refractivity contribution in [1.82, 2.24) is 4.90 Å². The fraction of sp³-hybridized carbons (Fsp3) is 0.278. The van der Waals surface area contributed by atoms with E-state index in [4.69, 9.17) is 0 Å². The zero-order valence-electron chi connectivity index (χ0n) is 12.4. The van der Waals surface area contributed by atoms with Crippen LogP contribution in [0.4, 0.5) is 4.79 Å². The Morgan fingerprint density at radius 1 is 0.957 bits per heavy atom. The number of fused-ring (bicyclic) bond motifs is 5. The first-order valence-electron chi connectivity index (χ1n) is 7.59. The minimum Gasteiger partial charge on any atom is -0.465 e. The van der Waals surface area contributed by atoms with E-state index >= 15 is 0 Å². The van der Waals surface area contributed by atoms with Crippen molar-refractivity contribution in [1.29, 1.82) is 0 Å². The highest BCUT2D eigenvalue weighted by molar-refractivity contribution is 9.10. The monoisotopic (exact) mass is 435 g/mol. The van der Waals surface area contributed by atoms with E-state index in [2.05, 4.69) is 68.3 Å². The van der Waals surface area contributed by atoms with Crippen LogP contribution in [0.5, 0.6) is 0 Å². The molecule has 0 aromatic heterocycles. The molecule has 5 heteroatoms. The molecule has 1 fully saturated rings. The first-order valence-corrected chi connectivity index (χ1v) is 9.18. The van der Waals surface area contributed by atoms with Gasteiger partial charge in [-0.2, -0.15) is 0 Å². The molecule has 0 bridgehead atoms. The van der Waals surface area contributed by atoms with Gasteiger partial charge >= 0.3 is 6.09 Å². The van der Waals surface area contributed by atoms with Crippen LogP contribution >= 0.6 is 31.9 Å². The van der Waals surface area contributed by atoms with Gasteiger partial charge in [0.1, 0.15) is 0 Å². The van der Waals surface area contributed by atoms with Crippen LogP contribution in [0.1, 0.15) is 24.0 Å². The molecule has 1 aliphatic carbocycles. The summed E-state index contributed by atoms with van der Waals surface area (Å²) in [7, 11) is 0. The van der Waals surface area contributed by atoms with E-state index in [0.717, 1.165) is 21.8 Å². The van der Waals surface area contributed by atoms with Gasteiger partial charge < -0.3 is 10.0 Å². The van der Waals surface area contributed by atoms with Gasteiger partial charge in [-0.25, -0.2) is 4.79 Å². The molecule has 0 saturated carbocycles. The van der Waals surface area contributed by atoms with Gasteiger partial charge in [0.15, 0.2) is 0 Å². The first kappa shape index (κ1) is 15.2. The summed E-state index contributed by atoms with van der Waals surface area (Å²) in [5.74, 6) is 0. The molecule has 1 heterocycles. The van der Waals surface area contributed by atoms with E-state index in [-0.39, 0.29) is 5.41 Å². The molecule has 4 rings (SSSR count). The van der Waals surface area contributed by atoms with Crippen molar-refractivity contribution in [3.05, 3.63) is 56.5 Å². The lowest BCUT2D eigenvalue weighted by atomic mass is 9.71. The molecular weight excluding hydrogens is 422 g/mol. The second kappa shape index (κ2) is 5.35. The Balaban J connectivity index is 1.88. The van der Waals surface area contributed by atoms with Crippen LogP contribution in [-0.2, 0) is 5.41 Å². The van der Waals surface area contributed by atoms with Crippen LogP contribution in [0.15, 0.2) is 45.3 Å². The van der Waals surface area contributed by atoms with Gasteiger partial charge in [0, 0.05) is 27.4 Å². The third-order valence-corrected chi connectivity index (χ3v) is 6.16. The summed E-state index contributed by atoms with van der Waals surface area (Å²) in [5, 5.41) is 9.26. The number of likely N-dealkylation sites (tertiary alicyclic amines) is 1. The van der Waals surface area contributed by atoms with Crippen molar-refractivity contribution in [2.75, 3.05) is 13.1 Å². The average molecular weight is 437 g/mol. The number of hydrogen-bond donors (Lipinski definition) is 1.